The third kappa shape index (κ3) is 1.37. The Bertz CT molecular complexity index is 600. The molecule has 18 heavy (non-hydrogen) atoms. The van der Waals surface area contributed by atoms with Crippen LogP contribution in [0.3, 0.4) is 0 Å². The van der Waals surface area contributed by atoms with E-state index in [2.05, 4.69) is 60.8 Å². The first-order valence-electron chi connectivity index (χ1n) is 6.59. The molecule has 1 aliphatic carbocycles. The van der Waals surface area contributed by atoms with Crippen LogP contribution in [0.4, 0.5) is 0 Å². The highest BCUT2D eigenvalue weighted by Crippen LogP contribution is 2.49. The minimum atomic E-state index is 0.319. The van der Waals surface area contributed by atoms with Crippen molar-refractivity contribution in [2.24, 2.45) is 10.9 Å². The molecule has 0 fully saturated rings. The third-order valence-corrected chi connectivity index (χ3v) is 4.25. The Labute approximate surface area is 107 Å². The monoisotopic (exact) mass is 233 g/mol. The average molecular weight is 233 g/mol. The van der Waals surface area contributed by atoms with E-state index in [-0.39, 0.29) is 0 Å². The van der Waals surface area contributed by atoms with Crippen LogP contribution in [0.1, 0.15) is 28.7 Å². The summed E-state index contributed by atoms with van der Waals surface area (Å²) in [5, 5.41) is 0. The highest BCUT2D eigenvalue weighted by Gasteiger charge is 2.40. The Hall–Kier alpha value is -1.89. The van der Waals surface area contributed by atoms with Gasteiger partial charge in [-0.3, -0.25) is 4.99 Å². The van der Waals surface area contributed by atoms with Gasteiger partial charge in [-0.15, -0.1) is 0 Å². The molecule has 88 valence electrons. The summed E-state index contributed by atoms with van der Waals surface area (Å²) in [5.74, 6) is 1.16. The van der Waals surface area contributed by atoms with Crippen molar-refractivity contribution in [2.75, 3.05) is 0 Å². The van der Waals surface area contributed by atoms with Gasteiger partial charge in [0, 0.05) is 18.1 Å². The van der Waals surface area contributed by atoms with Crippen LogP contribution in [-0.4, -0.2) is 6.21 Å². The van der Waals surface area contributed by atoms with E-state index in [1.165, 1.54) is 16.7 Å². The van der Waals surface area contributed by atoms with Gasteiger partial charge < -0.3 is 0 Å². The molecule has 0 aromatic heterocycles. The fraction of sp³-hybridized carbons (Fsp3) is 0.235. The lowest BCUT2D eigenvalue weighted by atomic mass is 9.86. The van der Waals surface area contributed by atoms with Crippen LogP contribution in [0.2, 0.25) is 0 Å². The maximum atomic E-state index is 4.76. The van der Waals surface area contributed by atoms with Crippen molar-refractivity contribution in [2.45, 2.75) is 18.4 Å². The number of aliphatic imine (C=N–C) groups is 1. The predicted molar refractivity (Wildman–Crippen MR) is 74.1 cm³/mol. The first-order valence-corrected chi connectivity index (χ1v) is 6.59. The lowest BCUT2D eigenvalue weighted by Gasteiger charge is -2.19. The van der Waals surface area contributed by atoms with Crippen molar-refractivity contribution in [1.29, 1.82) is 0 Å². The summed E-state index contributed by atoms with van der Waals surface area (Å²) in [6.07, 6.45) is 3.34. The van der Waals surface area contributed by atoms with Gasteiger partial charge in [0.2, 0.25) is 0 Å². The molecule has 4 rings (SSSR count). The van der Waals surface area contributed by atoms with Crippen molar-refractivity contribution in [3.8, 4) is 0 Å². The second kappa shape index (κ2) is 3.81. The summed E-state index contributed by atoms with van der Waals surface area (Å²) in [6.45, 7) is 0. The first kappa shape index (κ1) is 10.1. The van der Waals surface area contributed by atoms with Crippen LogP contribution >= 0.6 is 0 Å². The minimum absolute atomic E-state index is 0.319. The second-order valence-corrected chi connectivity index (χ2v) is 5.25. The van der Waals surface area contributed by atoms with E-state index >= 15 is 0 Å². The largest absolute Gasteiger partial charge is 0.288 e. The first-order chi connectivity index (χ1) is 8.93. The van der Waals surface area contributed by atoms with E-state index in [4.69, 9.17) is 4.99 Å². The van der Waals surface area contributed by atoms with Gasteiger partial charge in [-0.05, 0) is 23.1 Å². The Morgan fingerprint density at radius 2 is 1.67 bits per heavy atom. The molecule has 1 heteroatoms. The zero-order chi connectivity index (χ0) is 11.9. The quantitative estimate of drug-likeness (QED) is 0.711. The molecule has 2 aromatic carbocycles. The van der Waals surface area contributed by atoms with E-state index in [0.29, 0.717) is 17.9 Å². The second-order valence-electron chi connectivity index (χ2n) is 5.25. The number of hydrogen-bond acceptors (Lipinski definition) is 1. The molecule has 2 aliphatic rings. The molecule has 0 unspecified atom stereocenters. The van der Waals surface area contributed by atoms with Gasteiger partial charge in [0.25, 0.3) is 0 Å². The van der Waals surface area contributed by atoms with Crippen LogP contribution in [0.15, 0.2) is 59.6 Å². The number of benzene rings is 2. The van der Waals surface area contributed by atoms with Crippen molar-refractivity contribution in [1.82, 2.24) is 0 Å². The van der Waals surface area contributed by atoms with Gasteiger partial charge in [-0.25, -0.2) is 0 Å². The molecule has 2 aromatic rings. The van der Waals surface area contributed by atoms with Crippen molar-refractivity contribution < 1.29 is 0 Å². The SMILES string of the molecule is C1=N[C@@H](c2ccccc2)[C@H]2c3ccccc3C[C@@H]12. The predicted octanol–water partition coefficient (Wildman–Crippen LogP) is 3.77. The van der Waals surface area contributed by atoms with Gasteiger partial charge in [-0.2, -0.15) is 0 Å². The Morgan fingerprint density at radius 3 is 2.56 bits per heavy atom. The summed E-state index contributed by atoms with van der Waals surface area (Å²) < 4.78 is 0. The van der Waals surface area contributed by atoms with Crippen LogP contribution in [-0.2, 0) is 6.42 Å². The normalized spacial score (nSPS) is 28.1. The van der Waals surface area contributed by atoms with E-state index in [1.807, 2.05) is 0 Å². The van der Waals surface area contributed by atoms with Crippen LogP contribution in [0.25, 0.3) is 0 Å². The summed E-state index contributed by atoms with van der Waals surface area (Å²) in [4.78, 5) is 4.76. The lowest BCUT2D eigenvalue weighted by molar-refractivity contribution is 0.538. The smallest absolute Gasteiger partial charge is 0.0820 e. The number of fused-ring (bicyclic) bond motifs is 3. The zero-order valence-corrected chi connectivity index (χ0v) is 10.2. The molecule has 0 amide bonds. The molecule has 0 spiro atoms. The molecule has 0 radical (unpaired) electrons. The highest BCUT2D eigenvalue weighted by atomic mass is 14.8. The zero-order valence-electron chi connectivity index (χ0n) is 10.2. The maximum Gasteiger partial charge on any atom is 0.0820 e. The van der Waals surface area contributed by atoms with Crippen LogP contribution in [0, 0.1) is 5.92 Å². The molecule has 3 atom stereocenters. The topological polar surface area (TPSA) is 12.4 Å². The van der Waals surface area contributed by atoms with Crippen LogP contribution < -0.4 is 0 Å². The molecular weight excluding hydrogens is 218 g/mol. The van der Waals surface area contributed by atoms with Gasteiger partial charge >= 0.3 is 0 Å². The molecule has 0 saturated heterocycles. The Morgan fingerprint density at radius 1 is 0.889 bits per heavy atom. The summed E-state index contributed by atoms with van der Waals surface area (Å²) in [6, 6.07) is 19.9. The van der Waals surface area contributed by atoms with E-state index in [1.54, 1.807) is 0 Å². The average Bonchev–Trinajstić information content (AvgIpc) is 2.98. The summed E-state index contributed by atoms with van der Waals surface area (Å²) >= 11 is 0. The van der Waals surface area contributed by atoms with Gasteiger partial charge in [0.05, 0.1) is 6.04 Å². The molecular formula is C17H15N. The molecule has 0 N–H and O–H groups in total. The molecule has 0 saturated carbocycles. The number of nitrogens with zero attached hydrogens (tertiary/aromatic N) is 1. The Balaban J connectivity index is 1.79. The van der Waals surface area contributed by atoms with Gasteiger partial charge in [0.15, 0.2) is 0 Å². The molecule has 0 bridgehead atoms. The summed E-state index contributed by atoms with van der Waals surface area (Å²) in [7, 11) is 0. The van der Waals surface area contributed by atoms with Crippen molar-refractivity contribution in [3.05, 3.63) is 71.3 Å². The standard InChI is InChI=1S/C17H15N/c1-2-6-12(7-3-1)17-16-14(11-18-17)10-13-8-4-5-9-15(13)16/h1-9,11,14,16-17H,10H2/t14-,16+,17-/m0/s1. The van der Waals surface area contributed by atoms with Gasteiger partial charge in [0.1, 0.15) is 0 Å². The summed E-state index contributed by atoms with van der Waals surface area (Å²) in [5.41, 5.74) is 4.37. The van der Waals surface area contributed by atoms with Crippen molar-refractivity contribution in [3.63, 3.8) is 0 Å². The maximum absolute atomic E-state index is 4.76. The molecule has 1 heterocycles. The van der Waals surface area contributed by atoms with E-state index in [0.717, 1.165) is 6.42 Å². The highest BCUT2D eigenvalue weighted by molar-refractivity contribution is 5.70. The lowest BCUT2D eigenvalue weighted by Crippen LogP contribution is -2.09. The van der Waals surface area contributed by atoms with Crippen molar-refractivity contribution >= 4 is 6.21 Å². The van der Waals surface area contributed by atoms with Gasteiger partial charge in [-0.1, -0.05) is 54.6 Å². The fourth-order valence-corrected chi connectivity index (χ4v) is 3.45. The van der Waals surface area contributed by atoms with Crippen LogP contribution in [0.5, 0.6) is 0 Å². The molecule has 1 aliphatic heterocycles. The third-order valence-electron chi connectivity index (χ3n) is 4.25. The minimum Gasteiger partial charge on any atom is -0.288 e. The number of rotatable bonds is 1. The number of hydrogen-bond donors (Lipinski definition) is 0. The fourth-order valence-electron chi connectivity index (χ4n) is 3.45. The van der Waals surface area contributed by atoms with E-state index in [9.17, 15) is 0 Å². The molecule has 1 nitrogen and oxygen atoms in total. The van der Waals surface area contributed by atoms with E-state index < -0.39 is 0 Å². The Kier molecular flexibility index (Phi) is 2.13.